The molecule has 0 aliphatic carbocycles. The van der Waals surface area contributed by atoms with Crippen molar-refractivity contribution in [2.45, 2.75) is 51.4 Å². The number of aliphatic carboxylic acids is 1. The summed E-state index contributed by atoms with van der Waals surface area (Å²) >= 11 is 0. The number of carbonyl (C=O) groups is 3. The normalized spacial score (nSPS) is 13.0. The van der Waals surface area contributed by atoms with Crippen molar-refractivity contribution in [3.63, 3.8) is 0 Å². The fourth-order valence-corrected chi connectivity index (χ4v) is 2.82. The third-order valence-electron chi connectivity index (χ3n) is 4.11. The van der Waals surface area contributed by atoms with Crippen LogP contribution >= 0.6 is 0 Å². The van der Waals surface area contributed by atoms with Crippen molar-refractivity contribution < 1.29 is 29.0 Å². The second kappa shape index (κ2) is 10.4. The molecule has 1 amide bonds. The van der Waals surface area contributed by atoms with E-state index in [-0.39, 0.29) is 12.8 Å². The molecule has 2 N–H and O–H groups in total. The molecule has 0 spiro atoms. The Balaban J connectivity index is 2.31. The molecular weight excluding hydrogens is 386 g/mol. The second-order valence-corrected chi connectivity index (χ2v) is 7.78. The van der Waals surface area contributed by atoms with Crippen LogP contribution in [0.3, 0.4) is 0 Å². The van der Waals surface area contributed by atoms with Crippen LogP contribution in [0.15, 0.2) is 60.7 Å². The second-order valence-electron chi connectivity index (χ2n) is 7.78. The van der Waals surface area contributed by atoms with Gasteiger partial charge in [0.25, 0.3) is 0 Å². The van der Waals surface area contributed by atoms with Gasteiger partial charge in [0.1, 0.15) is 11.7 Å². The lowest BCUT2D eigenvalue weighted by Gasteiger charge is -2.29. The van der Waals surface area contributed by atoms with Crippen molar-refractivity contribution in [2.24, 2.45) is 0 Å². The smallest absolute Gasteiger partial charge is 0.408 e. The summed E-state index contributed by atoms with van der Waals surface area (Å²) in [6, 6.07) is 16.5. The Morgan fingerprint density at radius 2 is 1.53 bits per heavy atom. The average Bonchev–Trinajstić information content (AvgIpc) is 2.69. The van der Waals surface area contributed by atoms with Gasteiger partial charge in [-0.1, -0.05) is 48.5 Å². The van der Waals surface area contributed by atoms with Crippen molar-refractivity contribution in [1.29, 1.82) is 0 Å². The number of alkyl carbamates (subject to hydrolysis) is 1. The van der Waals surface area contributed by atoms with E-state index in [0.717, 1.165) is 0 Å². The van der Waals surface area contributed by atoms with Gasteiger partial charge >= 0.3 is 18.0 Å². The molecule has 160 valence electrons. The van der Waals surface area contributed by atoms with Crippen LogP contribution in [-0.2, 0) is 14.3 Å². The van der Waals surface area contributed by atoms with Crippen molar-refractivity contribution in [3.05, 3.63) is 71.8 Å². The molecule has 0 aromatic heterocycles. The zero-order chi connectivity index (χ0) is 22.1. The summed E-state index contributed by atoms with van der Waals surface area (Å²) in [5, 5.41) is 11.9. The Hall–Kier alpha value is -3.35. The number of hydrogen-bond donors (Lipinski definition) is 2. The number of ether oxygens (including phenoxy) is 2. The highest BCUT2D eigenvalue weighted by Crippen LogP contribution is 2.25. The Morgan fingerprint density at radius 1 is 0.967 bits per heavy atom. The number of hydrogen-bond acceptors (Lipinski definition) is 5. The van der Waals surface area contributed by atoms with Gasteiger partial charge in [-0.3, -0.25) is 4.79 Å². The molecule has 0 saturated heterocycles. The van der Waals surface area contributed by atoms with E-state index in [9.17, 15) is 14.4 Å². The van der Waals surface area contributed by atoms with Crippen molar-refractivity contribution in [3.8, 4) is 0 Å². The first kappa shape index (κ1) is 22.9. The minimum atomic E-state index is -1.03. The first-order valence-corrected chi connectivity index (χ1v) is 9.68. The summed E-state index contributed by atoms with van der Waals surface area (Å²) in [6.45, 7) is 5.21. The lowest BCUT2D eigenvalue weighted by atomic mass is 9.97. The Kier molecular flexibility index (Phi) is 7.98. The van der Waals surface area contributed by atoms with Crippen molar-refractivity contribution in [1.82, 2.24) is 5.32 Å². The van der Waals surface area contributed by atoms with Gasteiger partial charge in [-0.05, 0) is 44.9 Å². The zero-order valence-corrected chi connectivity index (χ0v) is 17.3. The third kappa shape index (κ3) is 7.58. The van der Waals surface area contributed by atoms with Gasteiger partial charge < -0.3 is 19.9 Å². The van der Waals surface area contributed by atoms with Crippen LogP contribution in [0, 0.1) is 0 Å². The fourth-order valence-electron chi connectivity index (χ4n) is 2.82. The summed E-state index contributed by atoms with van der Waals surface area (Å²) in [4.78, 5) is 36.3. The van der Waals surface area contributed by atoms with Gasteiger partial charge in [-0.2, -0.15) is 0 Å². The van der Waals surface area contributed by atoms with Crippen LogP contribution < -0.4 is 5.32 Å². The largest absolute Gasteiger partial charge is 0.481 e. The first-order chi connectivity index (χ1) is 14.2. The highest BCUT2D eigenvalue weighted by atomic mass is 16.6. The summed E-state index contributed by atoms with van der Waals surface area (Å²) in [6.07, 6.45) is -1.81. The Bertz CT molecular complexity index is 845. The van der Waals surface area contributed by atoms with Gasteiger partial charge in [-0.15, -0.1) is 0 Å². The Labute approximate surface area is 176 Å². The van der Waals surface area contributed by atoms with Gasteiger partial charge in [0, 0.05) is 6.42 Å². The number of carboxylic acids is 1. The van der Waals surface area contributed by atoms with E-state index in [2.05, 4.69) is 5.32 Å². The molecule has 2 aromatic carbocycles. The van der Waals surface area contributed by atoms with E-state index in [1.807, 2.05) is 6.07 Å². The molecule has 0 unspecified atom stereocenters. The molecule has 0 aliphatic rings. The molecule has 7 heteroatoms. The van der Waals surface area contributed by atoms with Crippen molar-refractivity contribution >= 4 is 18.0 Å². The van der Waals surface area contributed by atoms with E-state index in [0.29, 0.717) is 11.1 Å². The van der Waals surface area contributed by atoms with Crippen LogP contribution in [0.5, 0.6) is 0 Å². The number of carbonyl (C=O) groups excluding carboxylic acids is 2. The minimum Gasteiger partial charge on any atom is -0.481 e. The molecular formula is C23H27NO6. The fraction of sp³-hybridized carbons (Fsp3) is 0.348. The van der Waals surface area contributed by atoms with Crippen molar-refractivity contribution in [2.75, 3.05) is 0 Å². The highest BCUT2D eigenvalue weighted by molar-refractivity contribution is 5.89. The summed E-state index contributed by atoms with van der Waals surface area (Å²) in [5.41, 5.74) is 0.282. The summed E-state index contributed by atoms with van der Waals surface area (Å²) in [7, 11) is 0. The van der Waals surface area contributed by atoms with Crippen LogP contribution in [0.25, 0.3) is 0 Å². The molecule has 0 radical (unpaired) electrons. The molecule has 30 heavy (non-hydrogen) atoms. The van der Waals surface area contributed by atoms with Crippen LogP contribution in [0.4, 0.5) is 4.79 Å². The SMILES string of the molecule is CC(C)(C)OC(=O)N[C@@H](c1ccccc1)[C@H](CCC(=O)O)OC(=O)c1ccccc1. The monoisotopic (exact) mass is 413 g/mol. The van der Waals surface area contributed by atoms with E-state index in [1.165, 1.54) is 0 Å². The van der Waals surface area contributed by atoms with Crippen LogP contribution in [-0.4, -0.2) is 34.8 Å². The number of nitrogens with one attached hydrogen (secondary N) is 1. The molecule has 2 rings (SSSR count). The number of benzene rings is 2. The molecule has 0 fully saturated rings. The topological polar surface area (TPSA) is 102 Å². The van der Waals surface area contributed by atoms with Gasteiger partial charge in [0.05, 0.1) is 11.6 Å². The summed E-state index contributed by atoms with van der Waals surface area (Å²) in [5.74, 6) is -1.63. The predicted octanol–water partition coefficient (Wildman–Crippen LogP) is 4.34. The average molecular weight is 413 g/mol. The molecule has 7 nitrogen and oxygen atoms in total. The molecule has 0 saturated carbocycles. The standard InChI is InChI=1S/C23H27NO6/c1-23(2,3)30-22(28)24-20(16-10-6-4-7-11-16)18(14-15-19(25)26)29-21(27)17-12-8-5-9-13-17/h4-13,18,20H,14-15H2,1-3H3,(H,24,28)(H,25,26)/t18-,20-/m0/s1. The maximum Gasteiger partial charge on any atom is 0.408 e. The molecule has 2 atom stereocenters. The Morgan fingerprint density at radius 3 is 2.07 bits per heavy atom. The maximum absolute atomic E-state index is 12.6. The zero-order valence-electron chi connectivity index (χ0n) is 17.3. The quantitative estimate of drug-likeness (QED) is 0.624. The predicted molar refractivity (Wildman–Crippen MR) is 111 cm³/mol. The number of esters is 1. The van der Waals surface area contributed by atoms with Crippen LogP contribution in [0.1, 0.15) is 55.6 Å². The minimum absolute atomic E-state index is 0.0171. The molecule has 0 bridgehead atoms. The first-order valence-electron chi connectivity index (χ1n) is 9.68. The molecule has 2 aromatic rings. The lowest BCUT2D eigenvalue weighted by molar-refractivity contribution is -0.137. The van der Waals surface area contributed by atoms with E-state index in [4.69, 9.17) is 14.6 Å². The maximum atomic E-state index is 12.6. The van der Waals surface area contributed by atoms with E-state index >= 15 is 0 Å². The van der Waals surface area contributed by atoms with Gasteiger partial charge in [0.2, 0.25) is 0 Å². The molecule has 0 aliphatic heterocycles. The number of rotatable bonds is 8. The third-order valence-corrected chi connectivity index (χ3v) is 4.11. The van der Waals surface area contributed by atoms with E-state index in [1.54, 1.807) is 75.4 Å². The van der Waals surface area contributed by atoms with Gasteiger partial charge in [-0.25, -0.2) is 9.59 Å². The van der Waals surface area contributed by atoms with Crippen LogP contribution in [0.2, 0.25) is 0 Å². The molecule has 0 heterocycles. The number of amides is 1. The van der Waals surface area contributed by atoms with E-state index < -0.39 is 35.8 Å². The summed E-state index contributed by atoms with van der Waals surface area (Å²) < 4.78 is 11.0. The van der Waals surface area contributed by atoms with Gasteiger partial charge in [0.15, 0.2) is 0 Å². The lowest BCUT2D eigenvalue weighted by Crippen LogP contribution is -2.41. The number of carboxylic acid groups (broad SMARTS) is 1. The highest BCUT2D eigenvalue weighted by Gasteiger charge is 2.31.